The van der Waals surface area contributed by atoms with Gasteiger partial charge in [-0.2, -0.15) is 0 Å². The molecule has 0 spiro atoms. The zero-order valence-electron chi connectivity index (χ0n) is 28.9. The maximum Gasteiger partial charge on any atom is 0.220 e. The van der Waals surface area contributed by atoms with Gasteiger partial charge in [-0.05, 0) is 97.1 Å². The van der Waals surface area contributed by atoms with Crippen LogP contribution < -0.4 is 0 Å². The topological polar surface area (TPSA) is 40.9 Å². The van der Waals surface area contributed by atoms with Crippen LogP contribution in [-0.2, 0) is 0 Å². The molecular weight excluding hydrogens is 663 g/mol. The summed E-state index contributed by atoms with van der Waals surface area (Å²) in [4.78, 5) is 5.14. The van der Waals surface area contributed by atoms with Crippen LogP contribution in [0.4, 0.5) is 0 Å². The quantitative estimate of drug-likeness (QED) is 0.182. The maximum absolute atomic E-state index is 5.14. The first-order valence-electron chi connectivity index (χ1n) is 18.3. The first-order chi connectivity index (χ1) is 26.8. The monoisotopic (exact) mass is 691 g/mol. The van der Waals surface area contributed by atoms with Crippen LogP contribution in [0.1, 0.15) is 0 Å². The SMILES string of the molecule is c1cc(-n2c3ccccc3n3c4cc(-n5c6ccccc6n6c7ccccc7cc56)ccc4cc23)cc(-n2c3ccccc3n3c4ccccc4nc23)c1. The van der Waals surface area contributed by atoms with E-state index in [0.717, 1.165) is 67.2 Å². The summed E-state index contributed by atoms with van der Waals surface area (Å²) in [5.41, 5.74) is 17.0. The summed E-state index contributed by atoms with van der Waals surface area (Å²) in [6, 6.07) is 63.4. The first-order valence-corrected chi connectivity index (χ1v) is 18.3. The molecule has 0 atom stereocenters. The minimum atomic E-state index is 0.903. The van der Waals surface area contributed by atoms with Gasteiger partial charge in [0.1, 0.15) is 11.3 Å². The summed E-state index contributed by atoms with van der Waals surface area (Å²) in [6.45, 7) is 0. The van der Waals surface area contributed by atoms with Gasteiger partial charge in [-0.3, -0.25) is 26.9 Å². The van der Waals surface area contributed by atoms with Gasteiger partial charge in [0, 0.05) is 22.1 Å². The fourth-order valence-electron chi connectivity index (χ4n) is 9.14. The molecule has 0 aliphatic heterocycles. The third kappa shape index (κ3) is 3.53. The van der Waals surface area contributed by atoms with Crippen LogP contribution in [0.3, 0.4) is 0 Å². The molecule has 252 valence electrons. The summed E-state index contributed by atoms with van der Waals surface area (Å²) < 4.78 is 14.2. The highest BCUT2D eigenvalue weighted by atomic mass is 15.2. The fraction of sp³-hybridized carbons (Fsp3) is 0. The van der Waals surface area contributed by atoms with Crippen molar-refractivity contribution in [2.24, 2.45) is 0 Å². The number of benzene rings is 7. The predicted octanol–water partition coefficient (Wildman–Crippen LogP) is 11.1. The van der Waals surface area contributed by atoms with E-state index in [2.05, 4.69) is 203 Å². The number of rotatable bonds is 3. The molecule has 0 amide bonds. The third-order valence-corrected chi connectivity index (χ3v) is 11.4. The minimum Gasteiger partial charge on any atom is -0.294 e. The molecule has 0 radical (unpaired) electrons. The van der Waals surface area contributed by atoms with E-state index < -0.39 is 0 Å². The van der Waals surface area contributed by atoms with Crippen LogP contribution in [0.25, 0.3) is 100 Å². The molecule has 0 aliphatic rings. The van der Waals surface area contributed by atoms with E-state index in [1.165, 1.54) is 32.8 Å². The molecule has 6 heterocycles. The summed E-state index contributed by atoms with van der Waals surface area (Å²) in [7, 11) is 0. The molecule has 0 N–H and O–H groups in total. The van der Waals surface area contributed by atoms with Crippen LogP contribution in [0.2, 0.25) is 0 Å². The van der Waals surface area contributed by atoms with Gasteiger partial charge in [0.2, 0.25) is 5.78 Å². The first kappa shape index (κ1) is 28.1. The molecular formula is C47H29N7. The number of nitrogens with zero attached hydrogens (tertiary/aromatic N) is 7. The number of aromatic nitrogens is 7. The van der Waals surface area contributed by atoms with Crippen LogP contribution in [-0.4, -0.2) is 31.9 Å². The van der Waals surface area contributed by atoms with E-state index in [9.17, 15) is 0 Å². The second-order valence-corrected chi connectivity index (χ2v) is 14.2. The molecule has 0 unspecified atom stereocenters. The van der Waals surface area contributed by atoms with Crippen LogP contribution in [0.15, 0.2) is 176 Å². The van der Waals surface area contributed by atoms with Crippen molar-refractivity contribution in [3.8, 4) is 17.1 Å². The zero-order valence-corrected chi connectivity index (χ0v) is 28.9. The number of hydrogen-bond acceptors (Lipinski definition) is 1. The largest absolute Gasteiger partial charge is 0.294 e. The van der Waals surface area contributed by atoms with Crippen molar-refractivity contribution in [3.05, 3.63) is 176 Å². The summed E-state index contributed by atoms with van der Waals surface area (Å²) in [5.74, 6) is 0.903. The Morgan fingerprint density at radius 1 is 0.296 bits per heavy atom. The fourth-order valence-corrected chi connectivity index (χ4v) is 9.14. The van der Waals surface area contributed by atoms with Crippen molar-refractivity contribution in [1.82, 2.24) is 31.9 Å². The van der Waals surface area contributed by atoms with E-state index in [0.29, 0.717) is 0 Å². The number of fused-ring (bicyclic) bond motifs is 15. The molecule has 6 aromatic heterocycles. The standard InChI is InChI=1S/C47H29N7/c1-3-16-36-30(12-1)26-45-50(38-18-5-8-21-41(38)52(36)45)34-25-24-31-27-46-49(39-19-6-9-22-42(39)53(46)44(31)29-34)32-13-11-14-33(28-32)51-40-20-7-10-23-43(40)54-37-17-4-2-15-35(37)48-47(51)54/h1-29H. The van der Waals surface area contributed by atoms with E-state index in [4.69, 9.17) is 4.98 Å². The Kier molecular flexibility index (Phi) is 5.25. The predicted molar refractivity (Wildman–Crippen MR) is 220 cm³/mol. The molecule has 0 saturated heterocycles. The lowest BCUT2D eigenvalue weighted by Crippen LogP contribution is -1.99. The average molecular weight is 692 g/mol. The van der Waals surface area contributed by atoms with E-state index in [1.807, 2.05) is 0 Å². The lowest BCUT2D eigenvalue weighted by molar-refractivity contribution is 1.09. The number of hydrogen-bond donors (Lipinski definition) is 0. The molecule has 0 saturated carbocycles. The molecule has 0 bridgehead atoms. The second kappa shape index (κ2) is 10.1. The highest BCUT2D eigenvalue weighted by Crippen LogP contribution is 2.37. The van der Waals surface area contributed by atoms with Crippen molar-refractivity contribution in [2.75, 3.05) is 0 Å². The molecule has 54 heavy (non-hydrogen) atoms. The Balaban J connectivity index is 1.06. The summed E-state index contributed by atoms with van der Waals surface area (Å²) in [6.07, 6.45) is 0. The Hall–Kier alpha value is -7.51. The summed E-state index contributed by atoms with van der Waals surface area (Å²) in [5, 5.41) is 2.43. The Labute approximate surface area is 307 Å². The third-order valence-electron chi connectivity index (χ3n) is 11.4. The molecule has 13 aromatic rings. The van der Waals surface area contributed by atoms with Gasteiger partial charge in [0.25, 0.3) is 0 Å². The molecule has 13 rings (SSSR count). The lowest BCUT2D eigenvalue weighted by Gasteiger charge is -2.10. The molecule has 7 aromatic carbocycles. The van der Waals surface area contributed by atoms with Gasteiger partial charge in [-0.15, -0.1) is 0 Å². The minimum absolute atomic E-state index is 0.903. The van der Waals surface area contributed by atoms with Crippen LogP contribution >= 0.6 is 0 Å². The van der Waals surface area contributed by atoms with Gasteiger partial charge < -0.3 is 0 Å². The van der Waals surface area contributed by atoms with Gasteiger partial charge in [0.05, 0.1) is 60.9 Å². The Morgan fingerprint density at radius 2 is 0.778 bits per heavy atom. The smallest absolute Gasteiger partial charge is 0.220 e. The molecule has 7 nitrogen and oxygen atoms in total. The second-order valence-electron chi connectivity index (χ2n) is 14.2. The average Bonchev–Trinajstić information content (AvgIpc) is 4.05. The maximum atomic E-state index is 5.14. The zero-order chi connectivity index (χ0) is 35.1. The summed E-state index contributed by atoms with van der Waals surface area (Å²) >= 11 is 0. The van der Waals surface area contributed by atoms with E-state index in [1.54, 1.807) is 0 Å². The Bertz CT molecular complexity index is 3690. The van der Waals surface area contributed by atoms with Crippen LogP contribution in [0.5, 0.6) is 0 Å². The Morgan fingerprint density at radius 3 is 1.46 bits per heavy atom. The van der Waals surface area contributed by atoms with E-state index >= 15 is 0 Å². The van der Waals surface area contributed by atoms with Gasteiger partial charge in [-0.25, -0.2) is 4.98 Å². The molecule has 0 aliphatic carbocycles. The van der Waals surface area contributed by atoms with Gasteiger partial charge in [0.15, 0.2) is 0 Å². The van der Waals surface area contributed by atoms with Crippen molar-refractivity contribution in [3.63, 3.8) is 0 Å². The normalized spacial score (nSPS) is 12.4. The number of para-hydroxylation sites is 9. The van der Waals surface area contributed by atoms with Gasteiger partial charge >= 0.3 is 0 Å². The van der Waals surface area contributed by atoms with Crippen LogP contribution in [0, 0.1) is 0 Å². The molecule has 7 heteroatoms. The lowest BCUT2D eigenvalue weighted by atomic mass is 10.2. The van der Waals surface area contributed by atoms with Crippen molar-refractivity contribution < 1.29 is 0 Å². The van der Waals surface area contributed by atoms with Crippen molar-refractivity contribution in [2.45, 2.75) is 0 Å². The number of imidazole rings is 4. The highest BCUT2D eigenvalue weighted by Gasteiger charge is 2.21. The molecule has 0 fully saturated rings. The van der Waals surface area contributed by atoms with Crippen molar-refractivity contribution >= 4 is 83.0 Å². The van der Waals surface area contributed by atoms with Gasteiger partial charge in [-0.1, -0.05) is 78.9 Å². The highest BCUT2D eigenvalue weighted by molar-refractivity contribution is 6.00. The van der Waals surface area contributed by atoms with Crippen molar-refractivity contribution in [1.29, 1.82) is 0 Å². The van der Waals surface area contributed by atoms with E-state index in [-0.39, 0.29) is 0 Å².